The summed E-state index contributed by atoms with van der Waals surface area (Å²) in [6.45, 7) is 7.68. The Morgan fingerprint density at radius 3 is 2.20 bits per heavy atom. The summed E-state index contributed by atoms with van der Waals surface area (Å²) in [4.78, 5) is 5.53. The predicted molar refractivity (Wildman–Crippen MR) is 84.8 cm³/mol. The minimum Gasteiger partial charge on any atom is -0.330 e. The van der Waals surface area contributed by atoms with Crippen molar-refractivity contribution in [3.8, 4) is 0 Å². The van der Waals surface area contributed by atoms with Crippen LogP contribution in [0, 0.1) is 11.8 Å². The van der Waals surface area contributed by atoms with Crippen molar-refractivity contribution in [2.24, 2.45) is 17.6 Å². The Kier molecular flexibility index (Phi) is 5.36. The van der Waals surface area contributed by atoms with Gasteiger partial charge in [-0.2, -0.15) is 0 Å². The molecule has 3 nitrogen and oxygen atoms in total. The van der Waals surface area contributed by atoms with Crippen LogP contribution in [0.1, 0.15) is 51.4 Å². The van der Waals surface area contributed by atoms with Crippen LogP contribution >= 0.6 is 0 Å². The van der Waals surface area contributed by atoms with E-state index in [2.05, 4.69) is 9.80 Å². The highest BCUT2D eigenvalue weighted by Gasteiger charge is 2.30. The molecule has 116 valence electrons. The molecule has 1 unspecified atom stereocenters. The highest BCUT2D eigenvalue weighted by Crippen LogP contribution is 2.30. The van der Waals surface area contributed by atoms with Gasteiger partial charge in [0.15, 0.2) is 0 Å². The first-order chi connectivity index (χ1) is 9.85. The Balaban J connectivity index is 1.39. The van der Waals surface area contributed by atoms with Crippen LogP contribution in [0.2, 0.25) is 0 Å². The minimum atomic E-state index is 0.825. The zero-order valence-corrected chi connectivity index (χ0v) is 13.1. The Labute approximate surface area is 124 Å². The fourth-order valence-corrected chi connectivity index (χ4v) is 4.57. The smallest absolute Gasteiger partial charge is 0.0235 e. The molecule has 2 aliphatic heterocycles. The third-order valence-corrected chi connectivity index (χ3v) is 5.97. The number of piperidine rings is 1. The van der Waals surface area contributed by atoms with E-state index < -0.39 is 0 Å². The minimum absolute atomic E-state index is 0.825. The van der Waals surface area contributed by atoms with Crippen LogP contribution in [0.3, 0.4) is 0 Å². The maximum atomic E-state index is 5.80. The van der Waals surface area contributed by atoms with E-state index in [1.54, 1.807) is 0 Å². The molecule has 1 atom stereocenters. The number of nitrogens with two attached hydrogens (primary N) is 1. The molecule has 2 saturated heterocycles. The second-order valence-corrected chi connectivity index (χ2v) is 7.42. The molecule has 0 spiro atoms. The first-order valence-electron chi connectivity index (χ1n) is 9.01. The van der Waals surface area contributed by atoms with Crippen molar-refractivity contribution in [3.63, 3.8) is 0 Å². The highest BCUT2D eigenvalue weighted by atomic mass is 15.3. The number of hydrogen-bond acceptors (Lipinski definition) is 3. The molecule has 3 rings (SSSR count). The van der Waals surface area contributed by atoms with Gasteiger partial charge in [-0.3, -0.25) is 4.90 Å². The van der Waals surface area contributed by atoms with Gasteiger partial charge in [0.05, 0.1) is 0 Å². The van der Waals surface area contributed by atoms with Gasteiger partial charge in [-0.15, -0.1) is 0 Å². The van der Waals surface area contributed by atoms with E-state index in [1.807, 2.05) is 0 Å². The quantitative estimate of drug-likeness (QED) is 0.857. The van der Waals surface area contributed by atoms with Crippen molar-refractivity contribution in [3.05, 3.63) is 0 Å². The molecule has 2 N–H and O–H groups in total. The average molecular weight is 279 g/mol. The normalized spacial score (nSPS) is 37.4. The summed E-state index contributed by atoms with van der Waals surface area (Å²) in [5.74, 6) is 1.78. The highest BCUT2D eigenvalue weighted by molar-refractivity contribution is 4.86. The van der Waals surface area contributed by atoms with Crippen molar-refractivity contribution < 1.29 is 0 Å². The molecule has 0 aromatic heterocycles. The summed E-state index contributed by atoms with van der Waals surface area (Å²) in [7, 11) is 0. The van der Waals surface area contributed by atoms with Crippen LogP contribution in [0.5, 0.6) is 0 Å². The van der Waals surface area contributed by atoms with Crippen LogP contribution in [-0.4, -0.2) is 55.1 Å². The summed E-state index contributed by atoms with van der Waals surface area (Å²) in [6, 6.07) is 0.871. The van der Waals surface area contributed by atoms with Gasteiger partial charge in [0, 0.05) is 19.1 Å². The van der Waals surface area contributed by atoms with E-state index in [-0.39, 0.29) is 0 Å². The third kappa shape index (κ3) is 3.75. The molecule has 0 aromatic rings. The molecule has 3 aliphatic rings. The van der Waals surface area contributed by atoms with E-state index in [1.165, 1.54) is 84.1 Å². The molecular weight excluding hydrogens is 246 g/mol. The van der Waals surface area contributed by atoms with Crippen molar-refractivity contribution >= 4 is 0 Å². The van der Waals surface area contributed by atoms with E-state index in [9.17, 15) is 0 Å². The monoisotopic (exact) mass is 279 g/mol. The molecular formula is C17H33N3. The molecule has 2 heterocycles. The molecule has 1 aliphatic carbocycles. The van der Waals surface area contributed by atoms with Gasteiger partial charge in [-0.1, -0.05) is 6.42 Å². The first-order valence-corrected chi connectivity index (χ1v) is 9.01. The Hall–Kier alpha value is -0.120. The van der Waals surface area contributed by atoms with Crippen molar-refractivity contribution in [1.82, 2.24) is 9.80 Å². The molecule has 0 aromatic carbocycles. The fourth-order valence-electron chi connectivity index (χ4n) is 4.57. The average Bonchev–Trinajstić information content (AvgIpc) is 2.97. The Morgan fingerprint density at radius 2 is 1.50 bits per heavy atom. The number of likely N-dealkylation sites (tertiary alicyclic amines) is 2. The second kappa shape index (κ2) is 7.24. The number of nitrogens with zero attached hydrogens (tertiary/aromatic N) is 2. The summed E-state index contributed by atoms with van der Waals surface area (Å²) < 4.78 is 0. The van der Waals surface area contributed by atoms with Crippen LogP contribution in [0.4, 0.5) is 0 Å². The Bertz CT molecular complexity index is 280. The number of hydrogen-bond donors (Lipinski definition) is 1. The van der Waals surface area contributed by atoms with Crippen LogP contribution < -0.4 is 5.73 Å². The zero-order chi connectivity index (χ0) is 13.8. The second-order valence-electron chi connectivity index (χ2n) is 7.42. The number of rotatable bonds is 4. The van der Waals surface area contributed by atoms with Gasteiger partial charge in [0.25, 0.3) is 0 Å². The molecule has 0 radical (unpaired) electrons. The van der Waals surface area contributed by atoms with Gasteiger partial charge >= 0.3 is 0 Å². The van der Waals surface area contributed by atoms with Crippen molar-refractivity contribution in [1.29, 1.82) is 0 Å². The SMILES string of the molecule is NCC1CCC(CN2CCC(N3CCCCC3)C2)CC1. The van der Waals surface area contributed by atoms with E-state index in [0.29, 0.717) is 0 Å². The fraction of sp³-hybridized carbons (Fsp3) is 1.00. The lowest BCUT2D eigenvalue weighted by atomic mass is 9.82. The van der Waals surface area contributed by atoms with Crippen LogP contribution in [-0.2, 0) is 0 Å². The molecule has 3 fully saturated rings. The molecule has 3 heteroatoms. The van der Waals surface area contributed by atoms with Crippen LogP contribution in [0.25, 0.3) is 0 Å². The van der Waals surface area contributed by atoms with Crippen LogP contribution in [0.15, 0.2) is 0 Å². The third-order valence-electron chi connectivity index (χ3n) is 5.97. The van der Waals surface area contributed by atoms with Crippen molar-refractivity contribution in [2.45, 2.75) is 57.4 Å². The summed E-state index contributed by atoms with van der Waals surface area (Å²) in [5, 5.41) is 0. The summed E-state index contributed by atoms with van der Waals surface area (Å²) >= 11 is 0. The van der Waals surface area contributed by atoms with Gasteiger partial charge in [-0.05, 0) is 83.0 Å². The lowest BCUT2D eigenvalue weighted by molar-refractivity contribution is 0.152. The first kappa shape index (κ1) is 14.8. The predicted octanol–water partition coefficient (Wildman–Crippen LogP) is 2.31. The van der Waals surface area contributed by atoms with Crippen molar-refractivity contribution in [2.75, 3.05) is 39.3 Å². The maximum Gasteiger partial charge on any atom is 0.0235 e. The Morgan fingerprint density at radius 1 is 0.800 bits per heavy atom. The summed E-state index contributed by atoms with van der Waals surface area (Å²) in [6.07, 6.45) is 11.3. The zero-order valence-electron chi connectivity index (χ0n) is 13.1. The van der Waals surface area contributed by atoms with Gasteiger partial charge in [-0.25, -0.2) is 0 Å². The maximum absolute atomic E-state index is 5.80. The van der Waals surface area contributed by atoms with E-state index in [4.69, 9.17) is 5.73 Å². The topological polar surface area (TPSA) is 32.5 Å². The summed E-state index contributed by atoms with van der Waals surface area (Å²) in [5.41, 5.74) is 5.80. The molecule has 1 saturated carbocycles. The molecule has 0 amide bonds. The molecule has 0 bridgehead atoms. The van der Waals surface area contributed by atoms with Gasteiger partial charge in [0.1, 0.15) is 0 Å². The lowest BCUT2D eigenvalue weighted by Crippen LogP contribution is -2.41. The van der Waals surface area contributed by atoms with E-state index in [0.717, 1.165) is 24.4 Å². The van der Waals surface area contributed by atoms with Gasteiger partial charge in [0.2, 0.25) is 0 Å². The standard InChI is InChI=1S/C17H33N3/c18-12-15-4-6-16(7-5-15)13-19-11-8-17(14-19)20-9-2-1-3-10-20/h15-17H,1-14,18H2. The largest absolute Gasteiger partial charge is 0.330 e. The molecule has 20 heavy (non-hydrogen) atoms. The van der Waals surface area contributed by atoms with Gasteiger partial charge < -0.3 is 10.6 Å². The lowest BCUT2D eigenvalue weighted by Gasteiger charge is -2.33. The van der Waals surface area contributed by atoms with E-state index >= 15 is 0 Å².